The summed E-state index contributed by atoms with van der Waals surface area (Å²) in [6, 6.07) is 5.16. The molecule has 0 saturated carbocycles. The van der Waals surface area contributed by atoms with Crippen molar-refractivity contribution in [1.29, 1.82) is 0 Å². The van der Waals surface area contributed by atoms with Crippen molar-refractivity contribution < 1.29 is 38.4 Å². The molecule has 0 heterocycles. The Labute approximate surface area is 276 Å². The Morgan fingerprint density at radius 3 is 2.11 bits per heavy atom. The number of methoxy groups -OCH3 is 2. The fourth-order valence-electron chi connectivity index (χ4n) is 4.97. The van der Waals surface area contributed by atoms with Crippen LogP contribution in [0.1, 0.15) is 87.1 Å². The lowest BCUT2D eigenvalue weighted by molar-refractivity contribution is -0.130. The average Bonchev–Trinajstić information content (AvgIpc) is 2.94. The van der Waals surface area contributed by atoms with Crippen LogP contribution in [-0.2, 0) is 25.5 Å². The predicted octanol–water partition coefficient (Wildman–Crippen LogP) is 4.86. The molecule has 5 N–H and O–H groups in total. The number of hydrogen-bond acceptors (Lipinski definition) is 8. The first-order chi connectivity index (χ1) is 21.3. The number of carbonyl (C=O) groups is 3. The molecule has 1 aromatic rings. The number of alkyl carbamates (subject to hydrolysis) is 1. The Hall–Kier alpha value is -3.05. The van der Waals surface area contributed by atoms with E-state index >= 15 is 0 Å². The molecule has 46 heavy (non-hydrogen) atoms. The molecule has 1 rings (SSSR count). The standard InChI is InChI=1S/C35H61N3O8/c1-22(2)25(17-24-13-14-29(44-11)30(18-24)45-16-12-15-43-10)19-27(38-33(42)46-34(5,6)7)28(39)20-26(23(3)4)31(40)37-21-35(8,9)32(36)41/h13-14,18,22-23,25-28,39H,12,15-17,19-21H2,1-11H3,(H2,36,41)(H,37,40)(H,38,42)/t25?,26?,27-,28-/m0/s1. The second-order valence-electron chi connectivity index (χ2n) is 14.5. The lowest BCUT2D eigenvalue weighted by Gasteiger charge is -2.33. The van der Waals surface area contributed by atoms with Crippen molar-refractivity contribution in [2.45, 2.75) is 106 Å². The number of nitrogens with two attached hydrogens (primary N) is 1. The third-order valence-electron chi connectivity index (χ3n) is 8.15. The SMILES string of the molecule is COCCCOc1cc(CC(C[C@H](NC(=O)OC(C)(C)C)[C@@H](O)CC(C(=O)NCC(C)(C)C(N)=O)C(C)C)C(C)C)ccc1OC. The summed E-state index contributed by atoms with van der Waals surface area (Å²) in [5.74, 6) is 0.0461. The lowest BCUT2D eigenvalue weighted by Crippen LogP contribution is -2.49. The molecule has 0 spiro atoms. The van der Waals surface area contributed by atoms with Crippen LogP contribution in [0.3, 0.4) is 0 Å². The summed E-state index contributed by atoms with van der Waals surface area (Å²) in [6.45, 7) is 17.9. The lowest BCUT2D eigenvalue weighted by atomic mass is 9.80. The number of nitrogens with one attached hydrogen (secondary N) is 2. The molecule has 0 fully saturated rings. The Morgan fingerprint density at radius 1 is 0.935 bits per heavy atom. The van der Waals surface area contributed by atoms with Crippen molar-refractivity contribution in [3.63, 3.8) is 0 Å². The van der Waals surface area contributed by atoms with Gasteiger partial charge in [-0.15, -0.1) is 0 Å². The minimum absolute atomic E-state index is 0.0482. The summed E-state index contributed by atoms with van der Waals surface area (Å²) >= 11 is 0. The Bertz CT molecular complexity index is 1100. The van der Waals surface area contributed by atoms with Gasteiger partial charge in [0, 0.05) is 32.6 Å². The van der Waals surface area contributed by atoms with Gasteiger partial charge in [0.05, 0.1) is 31.3 Å². The van der Waals surface area contributed by atoms with Gasteiger partial charge in [0.15, 0.2) is 11.5 Å². The number of benzene rings is 1. The van der Waals surface area contributed by atoms with Gasteiger partial charge in [0.1, 0.15) is 5.60 Å². The van der Waals surface area contributed by atoms with Crippen molar-refractivity contribution >= 4 is 17.9 Å². The van der Waals surface area contributed by atoms with Crippen molar-refractivity contribution in [2.75, 3.05) is 34.0 Å². The van der Waals surface area contributed by atoms with Gasteiger partial charge in [0.2, 0.25) is 11.8 Å². The summed E-state index contributed by atoms with van der Waals surface area (Å²) in [4.78, 5) is 38.0. The molecule has 3 amide bonds. The van der Waals surface area contributed by atoms with Crippen LogP contribution < -0.4 is 25.8 Å². The molecule has 0 bridgehead atoms. The van der Waals surface area contributed by atoms with E-state index in [9.17, 15) is 19.5 Å². The first-order valence-corrected chi connectivity index (χ1v) is 16.3. The summed E-state index contributed by atoms with van der Waals surface area (Å²) in [6.07, 6.45) is 0.261. The molecule has 0 radical (unpaired) electrons. The number of rotatable bonds is 20. The number of hydrogen-bond donors (Lipinski definition) is 4. The van der Waals surface area contributed by atoms with Gasteiger partial charge in [-0.25, -0.2) is 4.79 Å². The maximum atomic E-state index is 13.3. The number of primary amides is 1. The van der Waals surface area contributed by atoms with E-state index in [0.29, 0.717) is 37.6 Å². The number of ether oxygens (including phenoxy) is 4. The Morgan fingerprint density at radius 2 is 1.59 bits per heavy atom. The van der Waals surface area contributed by atoms with Crippen LogP contribution in [0, 0.1) is 29.1 Å². The fourth-order valence-corrected chi connectivity index (χ4v) is 4.97. The second kappa shape index (κ2) is 18.9. The predicted molar refractivity (Wildman–Crippen MR) is 180 cm³/mol. The summed E-state index contributed by atoms with van der Waals surface area (Å²) < 4.78 is 22.2. The molecule has 264 valence electrons. The topological polar surface area (TPSA) is 158 Å². The molecule has 1 aromatic carbocycles. The van der Waals surface area contributed by atoms with Crippen LogP contribution in [0.2, 0.25) is 0 Å². The molecule has 11 heteroatoms. The monoisotopic (exact) mass is 651 g/mol. The highest BCUT2D eigenvalue weighted by Crippen LogP contribution is 2.32. The molecule has 2 unspecified atom stereocenters. The summed E-state index contributed by atoms with van der Waals surface area (Å²) in [7, 11) is 3.26. The normalized spacial score (nSPS) is 14.7. The molecule has 0 aromatic heterocycles. The van der Waals surface area contributed by atoms with Crippen molar-refractivity contribution in [2.24, 2.45) is 34.8 Å². The first kappa shape index (κ1) is 41.0. The molecule has 0 aliphatic heterocycles. The third kappa shape index (κ3) is 14.6. The minimum atomic E-state index is -1.05. The van der Waals surface area contributed by atoms with E-state index in [1.54, 1.807) is 48.8 Å². The Balaban J connectivity index is 3.26. The van der Waals surface area contributed by atoms with E-state index in [-0.39, 0.29) is 36.6 Å². The number of aliphatic hydroxyl groups excluding tert-OH is 1. The molecule has 0 aliphatic carbocycles. The number of carbonyl (C=O) groups excluding carboxylic acids is 3. The van der Waals surface area contributed by atoms with E-state index in [0.717, 1.165) is 12.0 Å². The van der Waals surface area contributed by atoms with Crippen molar-refractivity contribution in [3.05, 3.63) is 23.8 Å². The van der Waals surface area contributed by atoms with Gasteiger partial charge in [0.25, 0.3) is 0 Å². The largest absolute Gasteiger partial charge is 0.493 e. The molecule has 11 nitrogen and oxygen atoms in total. The van der Waals surface area contributed by atoms with Crippen LogP contribution >= 0.6 is 0 Å². The van der Waals surface area contributed by atoms with Crippen LogP contribution in [0.25, 0.3) is 0 Å². The molecular formula is C35H61N3O8. The third-order valence-corrected chi connectivity index (χ3v) is 8.15. The van der Waals surface area contributed by atoms with Gasteiger partial charge < -0.3 is 40.4 Å². The van der Waals surface area contributed by atoms with E-state index in [4.69, 9.17) is 24.7 Å². The van der Waals surface area contributed by atoms with Gasteiger partial charge >= 0.3 is 6.09 Å². The van der Waals surface area contributed by atoms with E-state index in [1.807, 2.05) is 32.0 Å². The fraction of sp³-hybridized carbons (Fsp3) is 0.743. The summed E-state index contributed by atoms with van der Waals surface area (Å²) in [5, 5.41) is 17.4. The van der Waals surface area contributed by atoms with Crippen LogP contribution in [0.15, 0.2) is 18.2 Å². The first-order valence-electron chi connectivity index (χ1n) is 16.3. The zero-order chi connectivity index (χ0) is 35.2. The Kier molecular flexibility index (Phi) is 16.9. The number of amides is 3. The molecule has 0 saturated heterocycles. The van der Waals surface area contributed by atoms with Gasteiger partial charge in [-0.05, 0) is 89.3 Å². The highest BCUT2D eigenvalue weighted by molar-refractivity contribution is 5.83. The number of aliphatic hydroxyl groups is 1. The van der Waals surface area contributed by atoms with Gasteiger partial charge in [-0.2, -0.15) is 0 Å². The minimum Gasteiger partial charge on any atom is -0.493 e. The second-order valence-corrected chi connectivity index (χ2v) is 14.5. The van der Waals surface area contributed by atoms with E-state index in [1.165, 1.54) is 0 Å². The maximum absolute atomic E-state index is 13.3. The zero-order valence-corrected chi connectivity index (χ0v) is 30.0. The quantitative estimate of drug-likeness (QED) is 0.146. The maximum Gasteiger partial charge on any atom is 0.407 e. The van der Waals surface area contributed by atoms with Crippen LogP contribution in [-0.4, -0.2) is 74.7 Å². The van der Waals surface area contributed by atoms with Crippen LogP contribution in [0.4, 0.5) is 4.79 Å². The average molecular weight is 652 g/mol. The molecular weight excluding hydrogens is 590 g/mol. The smallest absolute Gasteiger partial charge is 0.407 e. The van der Waals surface area contributed by atoms with E-state index < -0.39 is 41.1 Å². The summed E-state index contributed by atoms with van der Waals surface area (Å²) in [5.41, 5.74) is 4.87. The van der Waals surface area contributed by atoms with Crippen molar-refractivity contribution in [3.8, 4) is 11.5 Å². The molecule has 4 atom stereocenters. The highest BCUT2D eigenvalue weighted by atomic mass is 16.6. The highest BCUT2D eigenvalue weighted by Gasteiger charge is 2.34. The van der Waals surface area contributed by atoms with Crippen LogP contribution in [0.5, 0.6) is 11.5 Å². The van der Waals surface area contributed by atoms with Crippen molar-refractivity contribution in [1.82, 2.24) is 10.6 Å². The van der Waals surface area contributed by atoms with E-state index in [2.05, 4.69) is 24.5 Å². The molecule has 0 aliphatic rings. The van der Waals surface area contributed by atoms with Gasteiger partial charge in [-0.1, -0.05) is 33.8 Å². The van der Waals surface area contributed by atoms with Gasteiger partial charge in [-0.3, -0.25) is 9.59 Å². The zero-order valence-electron chi connectivity index (χ0n) is 30.0.